The van der Waals surface area contributed by atoms with Crippen LogP contribution in [0.15, 0.2) is 66.9 Å². The highest BCUT2D eigenvalue weighted by Gasteiger charge is 2.47. The highest BCUT2D eigenvalue weighted by Crippen LogP contribution is 2.37. The molecular formula is C35H48N3O7Si. The van der Waals surface area contributed by atoms with Gasteiger partial charge in [0.15, 0.2) is 6.10 Å². The Balaban J connectivity index is 2.03. The zero-order chi connectivity index (χ0) is 34.2. The molecule has 1 aliphatic rings. The van der Waals surface area contributed by atoms with Crippen molar-refractivity contribution in [1.29, 1.82) is 0 Å². The molecule has 2 N–H and O–H groups in total. The van der Waals surface area contributed by atoms with E-state index in [0.29, 0.717) is 11.3 Å². The van der Waals surface area contributed by atoms with E-state index >= 15 is 0 Å². The Hall–Kier alpha value is -3.80. The van der Waals surface area contributed by atoms with Gasteiger partial charge in [0.25, 0.3) is 5.91 Å². The van der Waals surface area contributed by atoms with Crippen LogP contribution in [0.2, 0.25) is 13.1 Å². The summed E-state index contributed by atoms with van der Waals surface area (Å²) in [5, 5.41) is 13.8. The number of aliphatic hydroxyl groups is 1. The normalized spacial score (nSPS) is 17.4. The molecule has 0 saturated heterocycles. The summed E-state index contributed by atoms with van der Waals surface area (Å²) < 4.78 is 11.3. The minimum absolute atomic E-state index is 0.151. The number of nitrogens with zero attached hydrogens (tertiary/aromatic N) is 2. The molecule has 11 heteroatoms. The van der Waals surface area contributed by atoms with Crippen LogP contribution in [-0.4, -0.2) is 85.1 Å². The van der Waals surface area contributed by atoms with Gasteiger partial charge in [0.2, 0.25) is 20.9 Å². The lowest BCUT2D eigenvalue weighted by molar-refractivity contribution is -0.159. The zero-order valence-corrected chi connectivity index (χ0v) is 29.2. The van der Waals surface area contributed by atoms with E-state index in [9.17, 15) is 24.3 Å². The Kier molecular flexibility index (Phi) is 12.9. The molecule has 1 aliphatic heterocycles. The standard InChI is InChI=1S/C35H48N3O7Si/c1-23(2)45-34(43)32(41)28(19-25-15-11-9-12-16-25)36-30(40)21-38-29(26-17-13-10-14-18-26)20-37(24(3)39)31(33(38)42)27(35(4,5)6)22-44-46(7)8/h9-18,20,23,27-28,31-32,41H,19,21-22H2,1-8H3,(H,36,40)/t27?,28-,31?,32?/m0/s1. The fourth-order valence-corrected chi connectivity index (χ4v) is 5.89. The SMILES string of the molecule is CC(=O)N1C=C(c2ccccc2)N(CC(=O)N[C@@H](Cc2ccccc2)C(O)C(=O)OC(C)C)C(=O)C1C(CO[Si](C)C)C(C)(C)C. The summed E-state index contributed by atoms with van der Waals surface area (Å²) in [6.07, 6.45) is -0.317. The molecule has 0 saturated carbocycles. The number of carbonyl (C=O) groups excluding carboxylic acids is 4. The second kappa shape index (κ2) is 16.2. The smallest absolute Gasteiger partial charge is 0.337 e. The van der Waals surface area contributed by atoms with Crippen molar-refractivity contribution in [1.82, 2.24) is 15.1 Å². The van der Waals surface area contributed by atoms with Crippen molar-refractivity contribution in [2.75, 3.05) is 13.2 Å². The molecule has 249 valence electrons. The minimum atomic E-state index is -1.64. The highest BCUT2D eigenvalue weighted by atomic mass is 28.3. The van der Waals surface area contributed by atoms with Crippen molar-refractivity contribution in [2.24, 2.45) is 11.3 Å². The van der Waals surface area contributed by atoms with Crippen molar-refractivity contribution < 1.29 is 33.4 Å². The second-order valence-corrected chi connectivity index (χ2v) is 15.3. The van der Waals surface area contributed by atoms with Crippen LogP contribution in [0.4, 0.5) is 0 Å². The summed E-state index contributed by atoms with van der Waals surface area (Å²) >= 11 is 0. The van der Waals surface area contributed by atoms with Gasteiger partial charge in [0.05, 0.1) is 17.8 Å². The van der Waals surface area contributed by atoms with Gasteiger partial charge >= 0.3 is 5.97 Å². The third-order valence-corrected chi connectivity index (χ3v) is 8.51. The van der Waals surface area contributed by atoms with Gasteiger partial charge < -0.3 is 24.5 Å². The third-order valence-electron chi connectivity index (χ3n) is 7.77. The van der Waals surface area contributed by atoms with Gasteiger partial charge in [0.1, 0.15) is 12.6 Å². The molecule has 0 aliphatic carbocycles. The highest BCUT2D eigenvalue weighted by molar-refractivity contribution is 6.48. The molecule has 3 unspecified atom stereocenters. The summed E-state index contributed by atoms with van der Waals surface area (Å²) in [7, 11) is -1.10. The van der Waals surface area contributed by atoms with E-state index in [2.05, 4.69) is 5.32 Å². The van der Waals surface area contributed by atoms with Crippen LogP contribution in [0, 0.1) is 11.3 Å². The Morgan fingerprint density at radius 3 is 2.11 bits per heavy atom. The van der Waals surface area contributed by atoms with E-state index in [-0.39, 0.29) is 24.9 Å². The Bertz CT molecular complexity index is 1380. The molecule has 0 aromatic heterocycles. The van der Waals surface area contributed by atoms with Gasteiger partial charge in [-0.3, -0.25) is 19.3 Å². The number of esters is 1. The summed E-state index contributed by atoms with van der Waals surface area (Å²) in [6, 6.07) is 16.3. The van der Waals surface area contributed by atoms with Crippen LogP contribution < -0.4 is 5.32 Å². The maximum absolute atomic E-state index is 14.6. The van der Waals surface area contributed by atoms with Crippen molar-refractivity contribution in [3.63, 3.8) is 0 Å². The van der Waals surface area contributed by atoms with Gasteiger partial charge in [-0.2, -0.15) is 0 Å². The predicted octanol–water partition coefficient (Wildman–Crippen LogP) is 4.01. The lowest BCUT2D eigenvalue weighted by Crippen LogP contribution is -2.60. The van der Waals surface area contributed by atoms with Gasteiger partial charge in [-0.15, -0.1) is 0 Å². The minimum Gasteiger partial charge on any atom is -0.461 e. The van der Waals surface area contributed by atoms with Crippen molar-refractivity contribution in [3.05, 3.63) is 78.0 Å². The maximum Gasteiger partial charge on any atom is 0.337 e. The number of nitrogens with one attached hydrogen (secondary N) is 1. The van der Waals surface area contributed by atoms with Gasteiger partial charge in [-0.1, -0.05) is 81.4 Å². The van der Waals surface area contributed by atoms with Gasteiger partial charge in [-0.05, 0) is 49.9 Å². The Morgan fingerprint density at radius 1 is 1.00 bits per heavy atom. The third kappa shape index (κ3) is 9.85. The summed E-state index contributed by atoms with van der Waals surface area (Å²) in [5.74, 6) is -2.55. The van der Waals surface area contributed by atoms with E-state index in [1.165, 1.54) is 16.7 Å². The quantitative estimate of drug-likeness (QED) is 0.248. The average molecular weight is 651 g/mol. The summed E-state index contributed by atoms with van der Waals surface area (Å²) in [6.45, 7) is 14.7. The molecule has 1 radical (unpaired) electrons. The average Bonchev–Trinajstić information content (AvgIpc) is 2.97. The van der Waals surface area contributed by atoms with Crippen molar-refractivity contribution in [2.45, 2.75) is 85.3 Å². The molecule has 46 heavy (non-hydrogen) atoms. The van der Waals surface area contributed by atoms with E-state index < -0.39 is 63.1 Å². The van der Waals surface area contributed by atoms with E-state index in [1.54, 1.807) is 32.2 Å². The first-order chi connectivity index (χ1) is 21.6. The van der Waals surface area contributed by atoms with E-state index in [1.807, 2.05) is 82.4 Å². The number of benzene rings is 2. The number of rotatable bonds is 13. The first-order valence-electron chi connectivity index (χ1n) is 15.6. The fourth-order valence-electron chi connectivity index (χ4n) is 5.38. The molecule has 3 rings (SSSR count). The number of aliphatic hydroxyl groups excluding tert-OH is 1. The molecular weight excluding hydrogens is 602 g/mol. The number of carbonyl (C=O) groups is 4. The largest absolute Gasteiger partial charge is 0.461 e. The number of hydrogen-bond acceptors (Lipinski definition) is 7. The lowest BCUT2D eigenvalue weighted by Gasteiger charge is -2.46. The maximum atomic E-state index is 14.6. The van der Waals surface area contributed by atoms with Gasteiger partial charge in [0, 0.05) is 25.6 Å². The van der Waals surface area contributed by atoms with Gasteiger partial charge in [-0.25, -0.2) is 4.79 Å². The topological polar surface area (TPSA) is 125 Å². The summed E-state index contributed by atoms with van der Waals surface area (Å²) in [4.78, 5) is 57.0. The van der Waals surface area contributed by atoms with Crippen LogP contribution in [0.3, 0.4) is 0 Å². The van der Waals surface area contributed by atoms with Crippen LogP contribution in [0.25, 0.3) is 5.70 Å². The van der Waals surface area contributed by atoms with Crippen LogP contribution in [0.1, 0.15) is 52.7 Å². The number of hydrogen-bond donors (Lipinski definition) is 2. The number of amides is 3. The molecule has 2 aromatic carbocycles. The lowest BCUT2D eigenvalue weighted by atomic mass is 9.75. The molecule has 4 atom stereocenters. The molecule has 0 bridgehead atoms. The Morgan fingerprint density at radius 2 is 1.59 bits per heavy atom. The van der Waals surface area contributed by atoms with Crippen LogP contribution in [-0.2, 0) is 34.8 Å². The molecule has 0 fully saturated rings. The van der Waals surface area contributed by atoms with E-state index in [4.69, 9.17) is 9.16 Å². The first kappa shape index (κ1) is 36.7. The first-order valence-corrected chi connectivity index (χ1v) is 18.0. The zero-order valence-electron chi connectivity index (χ0n) is 28.2. The summed E-state index contributed by atoms with van der Waals surface area (Å²) in [5.41, 5.74) is 1.39. The van der Waals surface area contributed by atoms with Crippen molar-refractivity contribution in [3.8, 4) is 0 Å². The molecule has 1 heterocycles. The molecule has 10 nitrogen and oxygen atoms in total. The monoisotopic (exact) mass is 650 g/mol. The molecule has 2 aromatic rings. The predicted molar refractivity (Wildman–Crippen MR) is 178 cm³/mol. The fraction of sp³-hybridized carbons (Fsp3) is 0.486. The molecule has 3 amide bonds. The Labute approximate surface area is 274 Å². The number of ether oxygens (including phenoxy) is 1. The van der Waals surface area contributed by atoms with Crippen molar-refractivity contribution >= 4 is 38.4 Å². The second-order valence-electron chi connectivity index (χ2n) is 13.2. The van der Waals surface area contributed by atoms with Crippen LogP contribution in [0.5, 0.6) is 0 Å². The van der Waals surface area contributed by atoms with E-state index in [0.717, 1.165) is 5.56 Å². The molecule has 0 spiro atoms. The van der Waals surface area contributed by atoms with Crippen LogP contribution >= 0.6 is 0 Å².